The highest BCUT2D eigenvalue weighted by molar-refractivity contribution is 8.05. The molecule has 2 saturated heterocycles. The third-order valence-corrected chi connectivity index (χ3v) is 10.5. The van der Waals surface area contributed by atoms with Crippen molar-refractivity contribution >= 4 is 75.6 Å². The molecule has 2 amide bonds. The highest BCUT2D eigenvalue weighted by atomic mass is 35.5. The first-order chi connectivity index (χ1) is 14.3. The molecule has 0 aliphatic carbocycles. The quantitative estimate of drug-likeness (QED) is 0.319. The topological polar surface area (TPSA) is 112 Å². The number of alkyl halides is 1. The fourth-order valence-electron chi connectivity index (χ4n) is 3.49. The van der Waals surface area contributed by atoms with Gasteiger partial charge in [-0.15, -0.1) is 44.9 Å². The van der Waals surface area contributed by atoms with E-state index in [4.69, 9.17) is 11.6 Å². The summed E-state index contributed by atoms with van der Waals surface area (Å²) in [5, 5.41) is 22.9. The minimum Gasteiger partial charge on any atom is -0.480 e. The maximum Gasteiger partial charge on any atom is 0.328 e. The number of thiophene rings is 1. The van der Waals surface area contributed by atoms with Gasteiger partial charge in [-0.05, 0) is 18.4 Å². The van der Waals surface area contributed by atoms with Gasteiger partial charge >= 0.3 is 5.97 Å². The third-order valence-electron chi connectivity index (χ3n) is 4.85. The predicted molar refractivity (Wildman–Crippen MR) is 118 cm³/mol. The molecule has 4 atom stereocenters. The second kappa shape index (κ2) is 8.65. The Hall–Kier alpha value is -1.34. The molecule has 2 aliphatic rings. The molecule has 0 saturated carbocycles. The van der Waals surface area contributed by atoms with Crippen LogP contribution in [0, 0.1) is 6.92 Å². The minimum absolute atomic E-state index is 0.0512. The molecule has 4 heterocycles. The Morgan fingerprint density at radius 1 is 1.43 bits per heavy atom. The van der Waals surface area contributed by atoms with Crippen molar-refractivity contribution in [2.24, 2.45) is 0 Å². The van der Waals surface area contributed by atoms with E-state index in [-0.39, 0.29) is 24.1 Å². The normalized spacial score (nSPS) is 27.6. The Kier molecular flexibility index (Phi) is 6.31. The van der Waals surface area contributed by atoms with Gasteiger partial charge in [0.2, 0.25) is 11.8 Å². The number of fused-ring (bicyclic) bond motifs is 1. The molecule has 2 aliphatic heterocycles. The lowest BCUT2D eigenvalue weighted by atomic mass is 9.95. The van der Waals surface area contributed by atoms with Crippen molar-refractivity contribution in [2.75, 3.05) is 11.6 Å². The molecule has 0 radical (unpaired) electrons. The van der Waals surface area contributed by atoms with E-state index in [0.29, 0.717) is 5.75 Å². The zero-order chi connectivity index (χ0) is 21.5. The van der Waals surface area contributed by atoms with Crippen molar-refractivity contribution in [2.45, 2.75) is 39.9 Å². The molecule has 4 rings (SSSR count). The molecule has 0 aromatic carbocycles. The molecule has 13 heteroatoms. The Bertz CT molecular complexity index is 971. The number of rotatable bonds is 8. The summed E-state index contributed by atoms with van der Waals surface area (Å²) in [4.78, 5) is 39.4. The monoisotopic (exact) mass is 504 g/mol. The molecule has 160 valence electrons. The summed E-state index contributed by atoms with van der Waals surface area (Å²) in [5.74, 6) is -1.33. The molecular formula is C17H17ClN4O4S4. The number of thioether (sulfide) groups is 2. The lowest BCUT2D eigenvalue weighted by molar-refractivity contribution is -0.160. The first-order valence-corrected chi connectivity index (χ1v) is 13.0. The Balaban J connectivity index is 1.48. The van der Waals surface area contributed by atoms with Crippen molar-refractivity contribution in [3.8, 4) is 0 Å². The van der Waals surface area contributed by atoms with Gasteiger partial charge in [-0.1, -0.05) is 29.2 Å². The first kappa shape index (κ1) is 21.9. The number of aromatic nitrogens is 2. The maximum atomic E-state index is 12.7. The zero-order valence-electron chi connectivity index (χ0n) is 15.6. The van der Waals surface area contributed by atoms with Gasteiger partial charge in [-0.3, -0.25) is 9.59 Å². The summed E-state index contributed by atoms with van der Waals surface area (Å²) >= 11 is 11.9. The summed E-state index contributed by atoms with van der Waals surface area (Å²) in [6.45, 7) is 1.84. The van der Waals surface area contributed by atoms with Crippen LogP contribution in [0.1, 0.15) is 9.88 Å². The van der Waals surface area contributed by atoms with Gasteiger partial charge in [0.1, 0.15) is 22.5 Å². The average Bonchev–Trinajstić information content (AvgIpc) is 3.43. The number of hydrogen-bond donors (Lipinski definition) is 2. The van der Waals surface area contributed by atoms with Crippen LogP contribution in [0.2, 0.25) is 0 Å². The van der Waals surface area contributed by atoms with Crippen LogP contribution in [0.5, 0.6) is 0 Å². The van der Waals surface area contributed by atoms with Gasteiger partial charge in [0, 0.05) is 16.5 Å². The van der Waals surface area contributed by atoms with E-state index in [2.05, 4.69) is 15.5 Å². The van der Waals surface area contributed by atoms with Crippen LogP contribution < -0.4 is 5.32 Å². The molecule has 1 unspecified atom stereocenters. The first-order valence-electron chi connectivity index (χ1n) is 8.88. The molecule has 0 bridgehead atoms. The standard InChI is InChI=1S/C17H17ClN4O4S4/c1-8-20-21-16(29-8)28-7-17(6-18)12(15(25)26)22-13(24)11(14(22)30-17)19-10(23)5-9-3-2-4-27-9/h2-4,11-12,14H,5-7H2,1H3,(H,19,23)(H,25,26)/t11?,12-,14-,17+/m0/s1. The number of halogens is 1. The van der Waals surface area contributed by atoms with Crippen molar-refractivity contribution in [3.63, 3.8) is 0 Å². The van der Waals surface area contributed by atoms with Gasteiger partial charge in [-0.2, -0.15) is 0 Å². The second-order valence-electron chi connectivity index (χ2n) is 6.87. The Morgan fingerprint density at radius 3 is 2.83 bits per heavy atom. The molecule has 0 spiro atoms. The molecule has 2 aromatic rings. The number of carboxylic acids is 1. The van der Waals surface area contributed by atoms with E-state index in [1.807, 2.05) is 24.4 Å². The number of carbonyl (C=O) groups excluding carboxylic acids is 2. The van der Waals surface area contributed by atoms with Gasteiger partial charge < -0.3 is 15.3 Å². The van der Waals surface area contributed by atoms with Gasteiger partial charge in [0.25, 0.3) is 0 Å². The van der Waals surface area contributed by atoms with Crippen LogP contribution in [0.4, 0.5) is 0 Å². The lowest BCUT2D eigenvalue weighted by Gasteiger charge is -2.43. The SMILES string of the molecule is Cc1nnc(SC[C@@]2(CCl)S[C@H]3C(NC(=O)Cc4cccs4)C(=O)N3[C@H]2C(=O)O)s1. The van der Waals surface area contributed by atoms with Gasteiger partial charge in [-0.25, -0.2) is 4.79 Å². The number of hydrogen-bond acceptors (Lipinski definition) is 9. The van der Waals surface area contributed by atoms with Crippen molar-refractivity contribution in [3.05, 3.63) is 27.4 Å². The van der Waals surface area contributed by atoms with E-state index < -0.39 is 28.2 Å². The fourth-order valence-corrected chi connectivity index (χ4v) is 8.65. The van der Waals surface area contributed by atoms with Crippen molar-refractivity contribution in [1.82, 2.24) is 20.4 Å². The van der Waals surface area contributed by atoms with Gasteiger partial charge in [0.05, 0.1) is 11.2 Å². The van der Waals surface area contributed by atoms with E-state index in [0.717, 1.165) is 14.2 Å². The Morgan fingerprint density at radius 2 is 2.23 bits per heavy atom. The number of aryl methyl sites for hydroxylation is 1. The molecule has 2 N–H and O–H groups in total. The highest BCUT2D eigenvalue weighted by Gasteiger charge is 2.67. The molecule has 8 nitrogen and oxygen atoms in total. The summed E-state index contributed by atoms with van der Waals surface area (Å²) in [5.41, 5.74) is 0. The summed E-state index contributed by atoms with van der Waals surface area (Å²) in [6.07, 6.45) is 0.189. The minimum atomic E-state index is -1.10. The Labute approximate surface area is 193 Å². The predicted octanol–water partition coefficient (Wildman–Crippen LogP) is 2.07. The number of nitrogens with one attached hydrogen (secondary N) is 1. The third kappa shape index (κ3) is 3.95. The van der Waals surface area contributed by atoms with Crippen LogP contribution >= 0.6 is 57.8 Å². The summed E-state index contributed by atoms with van der Waals surface area (Å²) in [6, 6.07) is 1.90. The number of nitrogens with zero attached hydrogens (tertiary/aromatic N) is 3. The van der Waals surface area contributed by atoms with Crippen LogP contribution in [0.25, 0.3) is 0 Å². The number of carboxylic acid groups (broad SMARTS) is 1. The average molecular weight is 505 g/mol. The van der Waals surface area contributed by atoms with Gasteiger partial charge in [0.15, 0.2) is 4.34 Å². The van der Waals surface area contributed by atoms with Crippen molar-refractivity contribution in [1.29, 1.82) is 0 Å². The zero-order valence-corrected chi connectivity index (χ0v) is 19.6. The van der Waals surface area contributed by atoms with E-state index >= 15 is 0 Å². The highest BCUT2D eigenvalue weighted by Crippen LogP contribution is 2.53. The van der Waals surface area contributed by atoms with Crippen LogP contribution in [-0.4, -0.2) is 71.8 Å². The number of amides is 2. The van der Waals surface area contributed by atoms with E-state index in [1.54, 1.807) is 0 Å². The van der Waals surface area contributed by atoms with Crippen LogP contribution in [-0.2, 0) is 20.8 Å². The lowest BCUT2D eigenvalue weighted by Crippen LogP contribution is -2.71. The molecule has 2 aromatic heterocycles. The number of carbonyl (C=O) groups is 3. The van der Waals surface area contributed by atoms with E-state index in [1.165, 1.54) is 51.1 Å². The smallest absolute Gasteiger partial charge is 0.328 e. The summed E-state index contributed by atoms with van der Waals surface area (Å²) < 4.78 is -0.173. The van der Waals surface area contributed by atoms with E-state index in [9.17, 15) is 19.5 Å². The molecule has 30 heavy (non-hydrogen) atoms. The maximum absolute atomic E-state index is 12.7. The number of β-lactam (4-membered cyclic amide) rings is 1. The summed E-state index contributed by atoms with van der Waals surface area (Å²) in [7, 11) is 0. The van der Waals surface area contributed by atoms with Crippen molar-refractivity contribution < 1.29 is 19.5 Å². The fraction of sp³-hybridized carbons (Fsp3) is 0.471. The largest absolute Gasteiger partial charge is 0.480 e. The van der Waals surface area contributed by atoms with Crippen LogP contribution in [0.15, 0.2) is 21.9 Å². The second-order valence-corrected chi connectivity index (χ2v) is 12.1. The van der Waals surface area contributed by atoms with Crippen LogP contribution in [0.3, 0.4) is 0 Å². The number of aliphatic carboxylic acids is 1. The molecule has 2 fully saturated rings. The molecular weight excluding hydrogens is 488 g/mol.